The highest BCUT2D eigenvalue weighted by Gasteiger charge is 2.25. The number of carbonyl (C=O) groups is 1. The smallest absolute Gasteiger partial charge is 0.269 e. The highest BCUT2D eigenvalue weighted by atomic mass is 16.6. The number of aliphatic imine (C=N–C) groups is 2. The van der Waals surface area contributed by atoms with Gasteiger partial charge in [-0.25, -0.2) is 4.99 Å². The molecule has 0 radical (unpaired) electrons. The van der Waals surface area contributed by atoms with Gasteiger partial charge in [0.2, 0.25) is 5.91 Å². The lowest BCUT2D eigenvalue weighted by atomic mass is 9.93. The summed E-state index contributed by atoms with van der Waals surface area (Å²) in [7, 11) is 0. The molecule has 3 aromatic rings. The van der Waals surface area contributed by atoms with Gasteiger partial charge < -0.3 is 5.32 Å². The van der Waals surface area contributed by atoms with E-state index in [9.17, 15) is 14.9 Å². The summed E-state index contributed by atoms with van der Waals surface area (Å²) < 4.78 is 0. The summed E-state index contributed by atoms with van der Waals surface area (Å²) in [6, 6.07) is 23.3. The predicted molar refractivity (Wildman–Crippen MR) is 126 cm³/mol. The molecule has 3 aromatic carbocycles. The van der Waals surface area contributed by atoms with Gasteiger partial charge in [0.1, 0.15) is 5.84 Å². The summed E-state index contributed by atoms with van der Waals surface area (Å²) >= 11 is 0. The van der Waals surface area contributed by atoms with Gasteiger partial charge in [-0.15, -0.1) is 0 Å². The van der Waals surface area contributed by atoms with Crippen LogP contribution in [-0.2, 0) is 4.79 Å². The fourth-order valence-corrected chi connectivity index (χ4v) is 3.49. The van der Waals surface area contributed by atoms with Crippen molar-refractivity contribution in [2.24, 2.45) is 9.98 Å². The Balaban J connectivity index is 1.63. The van der Waals surface area contributed by atoms with Gasteiger partial charge in [-0.2, -0.15) is 0 Å². The fraction of sp³-hybridized carbons (Fsp3) is 0.0800. The Morgan fingerprint density at radius 3 is 2.22 bits per heavy atom. The van der Waals surface area contributed by atoms with E-state index in [0.717, 1.165) is 17.0 Å². The van der Waals surface area contributed by atoms with E-state index in [0.29, 0.717) is 17.1 Å². The van der Waals surface area contributed by atoms with Crippen molar-refractivity contribution in [3.05, 3.63) is 106 Å². The van der Waals surface area contributed by atoms with E-state index in [1.807, 2.05) is 61.5 Å². The van der Waals surface area contributed by atoms with Gasteiger partial charge in [-0.05, 0) is 48.4 Å². The van der Waals surface area contributed by atoms with Crippen LogP contribution in [0, 0.1) is 10.1 Å². The third kappa shape index (κ3) is 4.67. The number of carbonyl (C=O) groups excluding carboxylic acids is 1. The number of nitro benzene ring substituents is 1. The number of fused-ring (bicyclic) bond motifs is 1. The van der Waals surface area contributed by atoms with Gasteiger partial charge in [0.25, 0.3) is 5.69 Å². The minimum absolute atomic E-state index is 0.00135. The first-order valence-electron chi connectivity index (χ1n) is 10.0. The normalized spacial score (nSPS) is 15.3. The molecule has 1 aliphatic rings. The van der Waals surface area contributed by atoms with Gasteiger partial charge in [0.15, 0.2) is 0 Å². The number of hydrogen-bond acceptors (Lipinski definition) is 5. The van der Waals surface area contributed by atoms with Crippen molar-refractivity contribution in [3.63, 3.8) is 0 Å². The first-order valence-corrected chi connectivity index (χ1v) is 10.0. The van der Waals surface area contributed by atoms with Crippen LogP contribution in [0.4, 0.5) is 17.1 Å². The molecule has 1 aliphatic heterocycles. The Morgan fingerprint density at radius 2 is 1.56 bits per heavy atom. The van der Waals surface area contributed by atoms with E-state index in [4.69, 9.17) is 9.98 Å². The average molecular weight is 424 g/mol. The van der Waals surface area contributed by atoms with Crippen molar-refractivity contribution in [2.45, 2.75) is 12.8 Å². The predicted octanol–water partition coefficient (Wildman–Crippen LogP) is 5.34. The molecule has 1 amide bonds. The molecule has 1 heterocycles. The van der Waals surface area contributed by atoms with Crippen LogP contribution in [0.3, 0.4) is 0 Å². The number of hydrogen-bond donors (Lipinski definition) is 1. The van der Waals surface area contributed by atoms with Crippen LogP contribution in [-0.4, -0.2) is 22.4 Å². The molecule has 32 heavy (non-hydrogen) atoms. The standard InChI is InChI=1S/C25H20N4O3/c1-17-24(19-7-3-2-4-8-19)25(27-22-10-6-5-9-21(22)26-17)28-23(30)16-13-18-11-14-20(15-12-18)29(31)32/h2-16,24H,1H3,(H,27,28,30). The SMILES string of the molecule is CC1=Nc2ccccc2N=C(NC(=O)C=Cc2ccc([N+](=O)[O-])cc2)C1c1ccccc1. The molecule has 0 spiro atoms. The zero-order chi connectivity index (χ0) is 22.5. The van der Waals surface area contributed by atoms with Crippen molar-refractivity contribution in [1.29, 1.82) is 0 Å². The molecule has 0 aromatic heterocycles. The minimum Gasteiger partial charge on any atom is -0.310 e. The average Bonchev–Trinajstić information content (AvgIpc) is 2.93. The molecule has 0 bridgehead atoms. The Bertz CT molecular complexity index is 1250. The second-order valence-corrected chi connectivity index (χ2v) is 7.25. The Labute approximate surface area is 185 Å². The molecule has 1 atom stereocenters. The first kappa shape index (κ1) is 20.9. The number of rotatable bonds is 4. The monoisotopic (exact) mass is 424 g/mol. The fourth-order valence-electron chi connectivity index (χ4n) is 3.49. The number of nitrogens with zero attached hydrogens (tertiary/aromatic N) is 3. The van der Waals surface area contributed by atoms with Crippen LogP contribution in [0.25, 0.3) is 6.08 Å². The summed E-state index contributed by atoms with van der Waals surface area (Å²) in [5, 5.41) is 13.7. The number of non-ortho nitro benzene ring substituents is 1. The second-order valence-electron chi connectivity index (χ2n) is 7.25. The molecule has 0 fully saturated rings. The molecule has 158 valence electrons. The molecular weight excluding hydrogens is 404 g/mol. The van der Waals surface area contributed by atoms with Crippen LogP contribution in [0.5, 0.6) is 0 Å². The Morgan fingerprint density at radius 1 is 0.938 bits per heavy atom. The second kappa shape index (κ2) is 9.18. The molecule has 0 saturated heterocycles. The van der Waals surface area contributed by atoms with Crippen LogP contribution < -0.4 is 5.32 Å². The summed E-state index contributed by atoms with van der Waals surface area (Å²) in [5.41, 5.74) is 3.89. The van der Waals surface area contributed by atoms with Crippen LogP contribution in [0.15, 0.2) is 94.9 Å². The maximum atomic E-state index is 12.7. The number of amidine groups is 1. The van der Waals surface area contributed by atoms with Crippen molar-refractivity contribution in [2.75, 3.05) is 0 Å². The van der Waals surface area contributed by atoms with E-state index < -0.39 is 4.92 Å². The maximum absolute atomic E-state index is 12.7. The van der Waals surface area contributed by atoms with E-state index in [1.165, 1.54) is 18.2 Å². The minimum atomic E-state index is -0.462. The lowest BCUT2D eigenvalue weighted by molar-refractivity contribution is -0.384. The van der Waals surface area contributed by atoms with Crippen molar-refractivity contribution in [3.8, 4) is 0 Å². The lowest BCUT2D eigenvalue weighted by Gasteiger charge is -2.18. The number of amides is 1. The van der Waals surface area contributed by atoms with Crippen LogP contribution in [0.2, 0.25) is 0 Å². The first-order chi connectivity index (χ1) is 15.5. The van der Waals surface area contributed by atoms with E-state index >= 15 is 0 Å². The summed E-state index contributed by atoms with van der Waals surface area (Å²) in [6.07, 6.45) is 2.98. The molecule has 0 aliphatic carbocycles. The maximum Gasteiger partial charge on any atom is 0.269 e. The third-order valence-electron chi connectivity index (χ3n) is 5.03. The molecule has 7 heteroatoms. The Kier molecular flexibility index (Phi) is 5.98. The molecule has 1 N–H and O–H groups in total. The molecule has 0 saturated carbocycles. The summed E-state index contributed by atoms with van der Waals surface area (Å²) in [6.45, 7) is 1.92. The zero-order valence-electron chi connectivity index (χ0n) is 17.3. The van der Waals surface area contributed by atoms with Crippen molar-refractivity contribution < 1.29 is 9.72 Å². The molecule has 7 nitrogen and oxygen atoms in total. The number of nitro groups is 1. The molecular formula is C25H20N4O3. The van der Waals surface area contributed by atoms with E-state index in [-0.39, 0.29) is 17.5 Å². The van der Waals surface area contributed by atoms with Gasteiger partial charge in [0, 0.05) is 23.9 Å². The highest BCUT2D eigenvalue weighted by molar-refractivity contribution is 6.18. The third-order valence-corrected chi connectivity index (χ3v) is 5.03. The van der Waals surface area contributed by atoms with Crippen LogP contribution in [0.1, 0.15) is 24.0 Å². The largest absolute Gasteiger partial charge is 0.310 e. The van der Waals surface area contributed by atoms with Gasteiger partial charge >= 0.3 is 0 Å². The lowest BCUT2D eigenvalue weighted by Crippen LogP contribution is -2.36. The van der Waals surface area contributed by atoms with Crippen molar-refractivity contribution in [1.82, 2.24) is 5.32 Å². The number of para-hydroxylation sites is 2. The Hall–Kier alpha value is -4.39. The van der Waals surface area contributed by atoms with Crippen molar-refractivity contribution >= 4 is 40.6 Å². The van der Waals surface area contributed by atoms with Gasteiger partial charge in [-0.1, -0.05) is 42.5 Å². The van der Waals surface area contributed by atoms with Gasteiger partial charge in [-0.3, -0.25) is 19.9 Å². The van der Waals surface area contributed by atoms with Gasteiger partial charge in [0.05, 0.1) is 22.2 Å². The van der Waals surface area contributed by atoms with Crippen LogP contribution >= 0.6 is 0 Å². The molecule has 4 rings (SSSR count). The molecule has 1 unspecified atom stereocenters. The quantitative estimate of drug-likeness (QED) is 0.347. The highest BCUT2D eigenvalue weighted by Crippen LogP contribution is 2.34. The van der Waals surface area contributed by atoms with E-state index in [1.54, 1.807) is 18.2 Å². The number of benzene rings is 3. The number of nitrogens with one attached hydrogen (secondary N) is 1. The van der Waals surface area contributed by atoms with E-state index in [2.05, 4.69) is 5.32 Å². The summed E-state index contributed by atoms with van der Waals surface area (Å²) in [5.74, 6) is -0.170. The zero-order valence-corrected chi connectivity index (χ0v) is 17.3. The topological polar surface area (TPSA) is 97.0 Å². The summed E-state index contributed by atoms with van der Waals surface area (Å²) in [4.78, 5) is 32.6.